The van der Waals surface area contributed by atoms with Crippen molar-refractivity contribution in [1.29, 1.82) is 5.26 Å². The lowest BCUT2D eigenvalue weighted by Gasteiger charge is -2.09. The summed E-state index contributed by atoms with van der Waals surface area (Å²) in [7, 11) is 0. The number of hydrogen-bond acceptors (Lipinski definition) is 3. The van der Waals surface area contributed by atoms with E-state index in [1.807, 2.05) is 6.07 Å². The molecule has 4 N–H and O–H groups in total. The van der Waals surface area contributed by atoms with E-state index in [2.05, 4.69) is 10.6 Å². The highest BCUT2D eigenvalue weighted by atomic mass is 19.1. The van der Waals surface area contributed by atoms with Gasteiger partial charge >= 0.3 is 6.03 Å². The molecule has 0 aliphatic carbocycles. The smallest absolute Gasteiger partial charge is 0.323 e. The summed E-state index contributed by atoms with van der Waals surface area (Å²) in [5, 5.41) is 13.3. The summed E-state index contributed by atoms with van der Waals surface area (Å²) in [4.78, 5) is 11.7. The van der Waals surface area contributed by atoms with Crippen molar-refractivity contribution in [3.05, 3.63) is 53.6 Å². The fourth-order valence-electron chi connectivity index (χ4n) is 1.57. The monoisotopic (exact) mass is 288 g/mol. The van der Waals surface area contributed by atoms with Gasteiger partial charge in [0.1, 0.15) is 11.6 Å². The summed E-state index contributed by atoms with van der Waals surface area (Å²) in [6, 6.07) is 8.88. The van der Waals surface area contributed by atoms with Crippen molar-refractivity contribution in [2.24, 2.45) is 0 Å². The van der Waals surface area contributed by atoms with Crippen molar-refractivity contribution in [3.63, 3.8) is 0 Å². The lowest BCUT2D eigenvalue weighted by molar-refractivity contribution is 0.262. The Morgan fingerprint density at radius 3 is 2.38 bits per heavy atom. The molecule has 0 atom stereocenters. The van der Waals surface area contributed by atoms with Crippen LogP contribution >= 0.6 is 0 Å². The minimum atomic E-state index is -0.934. The Hall–Kier alpha value is -3.14. The Bertz CT molecular complexity index is 723. The molecule has 0 saturated heterocycles. The molecule has 2 rings (SSSR count). The highest BCUT2D eigenvalue weighted by Gasteiger charge is 2.10. The van der Waals surface area contributed by atoms with E-state index < -0.39 is 17.7 Å². The molecular formula is C14H10F2N4O. The first-order chi connectivity index (χ1) is 9.99. The molecule has 0 aromatic heterocycles. The van der Waals surface area contributed by atoms with Crippen LogP contribution in [0.15, 0.2) is 36.4 Å². The zero-order valence-electron chi connectivity index (χ0n) is 10.7. The van der Waals surface area contributed by atoms with Gasteiger partial charge in [-0.05, 0) is 30.3 Å². The second kappa shape index (κ2) is 5.88. The van der Waals surface area contributed by atoms with Gasteiger partial charge in [-0.25, -0.2) is 13.6 Å². The third-order valence-corrected chi connectivity index (χ3v) is 2.61. The molecule has 5 nitrogen and oxygen atoms in total. The SMILES string of the molecule is N#Cc1ccc(NC(=O)Nc2cc(N)c(F)cc2F)cc1. The van der Waals surface area contributed by atoms with Crippen LogP contribution in [-0.2, 0) is 0 Å². The third-order valence-electron chi connectivity index (χ3n) is 2.61. The molecule has 106 valence electrons. The van der Waals surface area contributed by atoms with Gasteiger partial charge in [0.2, 0.25) is 0 Å². The van der Waals surface area contributed by atoms with Gasteiger partial charge in [0.05, 0.1) is 23.0 Å². The lowest BCUT2D eigenvalue weighted by Crippen LogP contribution is -2.20. The first-order valence-corrected chi connectivity index (χ1v) is 5.82. The van der Waals surface area contributed by atoms with Crippen LogP contribution in [0.25, 0.3) is 0 Å². The molecule has 0 aliphatic rings. The second-order valence-electron chi connectivity index (χ2n) is 4.12. The number of nitrogens with zero attached hydrogens (tertiary/aromatic N) is 1. The van der Waals surface area contributed by atoms with Gasteiger partial charge in [-0.3, -0.25) is 0 Å². The average Bonchev–Trinajstić information content (AvgIpc) is 2.45. The largest absolute Gasteiger partial charge is 0.396 e. The maximum atomic E-state index is 13.5. The Kier molecular flexibility index (Phi) is 4.00. The Morgan fingerprint density at radius 1 is 1.10 bits per heavy atom. The summed E-state index contributed by atoms with van der Waals surface area (Å²) in [5.74, 6) is -1.83. The van der Waals surface area contributed by atoms with Crippen LogP contribution in [0.5, 0.6) is 0 Å². The summed E-state index contributed by atoms with van der Waals surface area (Å²) in [6.07, 6.45) is 0. The predicted molar refractivity (Wildman–Crippen MR) is 74.6 cm³/mol. The maximum absolute atomic E-state index is 13.5. The number of hydrogen-bond donors (Lipinski definition) is 3. The molecule has 2 amide bonds. The zero-order valence-corrected chi connectivity index (χ0v) is 10.7. The van der Waals surface area contributed by atoms with Gasteiger partial charge in [0, 0.05) is 11.8 Å². The van der Waals surface area contributed by atoms with E-state index in [0.717, 1.165) is 6.07 Å². The Balaban J connectivity index is 2.08. The predicted octanol–water partition coefficient (Wildman–Crippen LogP) is 3.06. The van der Waals surface area contributed by atoms with Crippen LogP contribution in [0.1, 0.15) is 5.56 Å². The van der Waals surface area contributed by atoms with Gasteiger partial charge < -0.3 is 16.4 Å². The number of nitriles is 1. The van der Waals surface area contributed by atoms with Gasteiger partial charge in [-0.1, -0.05) is 0 Å². The number of nitrogens with one attached hydrogen (secondary N) is 2. The first kappa shape index (κ1) is 14.3. The molecular weight excluding hydrogens is 278 g/mol. The van der Waals surface area contributed by atoms with E-state index in [0.29, 0.717) is 17.3 Å². The summed E-state index contributed by atoms with van der Waals surface area (Å²) < 4.78 is 26.4. The normalized spacial score (nSPS) is 9.76. The van der Waals surface area contributed by atoms with Crippen LogP contribution in [-0.4, -0.2) is 6.03 Å². The zero-order chi connectivity index (χ0) is 15.4. The molecule has 0 aliphatic heterocycles. The second-order valence-corrected chi connectivity index (χ2v) is 4.12. The fourth-order valence-corrected chi connectivity index (χ4v) is 1.57. The molecule has 21 heavy (non-hydrogen) atoms. The van der Waals surface area contributed by atoms with Crippen molar-refractivity contribution in [3.8, 4) is 6.07 Å². The number of nitrogens with two attached hydrogens (primary N) is 1. The van der Waals surface area contributed by atoms with Gasteiger partial charge in [0.15, 0.2) is 0 Å². The van der Waals surface area contributed by atoms with Gasteiger partial charge in [-0.15, -0.1) is 0 Å². The minimum Gasteiger partial charge on any atom is -0.396 e. The standard InChI is InChI=1S/C14H10F2N4O/c15-10-5-11(16)13(6-12(10)18)20-14(21)19-9-3-1-8(7-17)2-4-9/h1-6H,18H2,(H2,19,20,21). The van der Waals surface area contributed by atoms with E-state index in [1.165, 1.54) is 24.3 Å². The number of amides is 2. The van der Waals surface area contributed by atoms with E-state index in [4.69, 9.17) is 11.0 Å². The van der Waals surface area contributed by atoms with Crippen LogP contribution in [0.2, 0.25) is 0 Å². The molecule has 0 saturated carbocycles. The molecule has 2 aromatic carbocycles. The number of rotatable bonds is 2. The summed E-state index contributed by atoms with van der Waals surface area (Å²) >= 11 is 0. The number of anilines is 3. The number of carbonyl (C=O) groups is 1. The molecule has 2 aromatic rings. The van der Waals surface area contributed by atoms with E-state index in [-0.39, 0.29) is 11.4 Å². The van der Waals surface area contributed by atoms with Crippen molar-refractivity contribution < 1.29 is 13.6 Å². The van der Waals surface area contributed by atoms with Gasteiger partial charge in [0.25, 0.3) is 0 Å². The van der Waals surface area contributed by atoms with Crippen LogP contribution < -0.4 is 16.4 Å². The highest BCUT2D eigenvalue weighted by molar-refractivity contribution is 6.00. The van der Waals surface area contributed by atoms with Crippen molar-refractivity contribution in [2.75, 3.05) is 16.4 Å². The van der Waals surface area contributed by atoms with Crippen LogP contribution in [0.3, 0.4) is 0 Å². The molecule has 0 fully saturated rings. The molecule has 0 bridgehead atoms. The number of nitrogen functional groups attached to an aromatic ring is 1. The maximum Gasteiger partial charge on any atom is 0.323 e. The van der Waals surface area contributed by atoms with Crippen LogP contribution in [0.4, 0.5) is 30.6 Å². The van der Waals surface area contributed by atoms with E-state index in [9.17, 15) is 13.6 Å². The topological polar surface area (TPSA) is 90.9 Å². The minimum absolute atomic E-state index is 0.236. The van der Waals surface area contributed by atoms with Crippen molar-refractivity contribution in [2.45, 2.75) is 0 Å². The van der Waals surface area contributed by atoms with E-state index in [1.54, 1.807) is 0 Å². The number of urea groups is 1. The van der Waals surface area contributed by atoms with E-state index >= 15 is 0 Å². The average molecular weight is 288 g/mol. The van der Waals surface area contributed by atoms with Crippen molar-refractivity contribution >= 4 is 23.1 Å². The lowest BCUT2D eigenvalue weighted by atomic mass is 10.2. The summed E-state index contributed by atoms with van der Waals surface area (Å²) in [5.41, 5.74) is 5.66. The quantitative estimate of drug-likeness (QED) is 0.742. The van der Waals surface area contributed by atoms with Crippen LogP contribution in [0, 0.1) is 23.0 Å². The molecule has 0 heterocycles. The highest BCUT2D eigenvalue weighted by Crippen LogP contribution is 2.21. The fraction of sp³-hybridized carbons (Fsp3) is 0. The van der Waals surface area contributed by atoms with Crippen molar-refractivity contribution in [1.82, 2.24) is 0 Å². The Morgan fingerprint density at radius 2 is 1.76 bits per heavy atom. The summed E-state index contributed by atoms with van der Waals surface area (Å²) in [6.45, 7) is 0. The molecule has 7 heteroatoms. The Labute approximate surface area is 119 Å². The number of halogens is 2. The molecule has 0 radical (unpaired) electrons. The number of benzene rings is 2. The third kappa shape index (κ3) is 3.45. The first-order valence-electron chi connectivity index (χ1n) is 5.82. The molecule has 0 spiro atoms. The molecule has 0 unspecified atom stereocenters. The number of carbonyl (C=O) groups excluding carboxylic acids is 1. The van der Waals surface area contributed by atoms with Gasteiger partial charge in [-0.2, -0.15) is 5.26 Å².